The molecule has 1 aromatic heterocycles. The summed E-state index contributed by atoms with van der Waals surface area (Å²) in [4.78, 5) is 26.7. The zero-order chi connectivity index (χ0) is 17.4. The van der Waals surface area contributed by atoms with Gasteiger partial charge in [0.05, 0.1) is 12.5 Å². The first-order chi connectivity index (χ1) is 12.1. The molecule has 1 saturated carbocycles. The number of fused-ring (bicyclic) bond motifs is 1. The molecule has 0 radical (unpaired) electrons. The molecule has 2 aromatic rings. The van der Waals surface area contributed by atoms with Crippen LogP contribution in [0, 0.1) is 12.8 Å². The fraction of sp³-hybridized carbons (Fsp3) is 0.500. The molecule has 5 nitrogen and oxygen atoms in total. The van der Waals surface area contributed by atoms with E-state index >= 15 is 0 Å². The van der Waals surface area contributed by atoms with Gasteiger partial charge in [0.25, 0.3) is 0 Å². The molecule has 1 aliphatic carbocycles. The fourth-order valence-electron chi connectivity index (χ4n) is 4.18. The van der Waals surface area contributed by atoms with Crippen molar-refractivity contribution in [2.45, 2.75) is 51.6 Å². The molecule has 2 fully saturated rings. The van der Waals surface area contributed by atoms with E-state index < -0.39 is 0 Å². The molecule has 0 spiro atoms. The van der Waals surface area contributed by atoms with Crippen LogP contribution < -0.4 is 5.32 Å². The van der Waals surface area contributed by atoms with E-state index in [1.54, 1.807) is 0 Å². The van der Waals surface area contributed by atoms with E-state index in [9.17, 15) is 9.59 Å². The molecule has 1 aliphatic heterocycles. The summed E-state index contributed by atoms with van der Waals surface area (Å²) in [5.41, 5.74) is 1.90. The lowest BCUT2D eigenvalue weighted by Gasteiger charge is -2.23. The average Bonchev–Trinajstić information content (AvgIpc) is 3.33. The smallest absolute Gasteiger partial charge is 0.225 e. The highest BCUT2D eigenvalue weighted by Crippen LogP contribution is 2.30. The molecule has 1 N–H and O–H groups in total. The molecule has 2 amide bonds. The molecule has 2 heterocycles. The highest BCUT2D eigenvalue weighted by molar-refractivity contribution is 5.89. The maximum atomic E-state index is 12.5. The largest absolute Gasteiger partial charge is 0.459 e. The van der Waals surface area contributed by atoms with E-state index in [2.05, 4.69) is 5.32 Å². The zero-order valence-electron chi connectivity index (χ0n) is 14.6. The summed E-state index contributed by atoms with van der Waals surface area (Å²) < 4.78 is 5.84. The van der Waals surface area contributed by atoms with E-state index in [0.29, 0.717) is 25.6 Å². The lowest BCUT2D eigenvalue weighted by Crippen LogP contribution is -2.36. The van der Waals surface area contributed by atoms with Gasteiger partial charge in [-0.05, 0) is 25.8 Å². The topological polar surface area (TPSA) is 62.6 Å². The summed E-state index contributed by atoms with van der Waals surface area (Å²) in [6.07, 6.45) is 4.88. The van der Waals surface area contributed by atoms with Crippen LogP contribution in [-0.2, 0) is 16.1 Å². The van der Waals surface area contributed by atoms with Crippen LogP contribution >= 0.6 is 0 Å². The molecule has 1 aromatic carbocycles. The van der Waals surface area contributed by atoms with Gasteiger partial charge in [-0.3, -0.25) is 9.59 Å². The van der Waals surface area contributed by atoms with E-state index in [0.717, 1.165) is 35.1 Å². The summed E-state index contributed by atoms with van der Waals surface area (Å²) in [6, 6.07) is 8.23. The molecular weight excluding hydrogens is 316 g/mol. The highest BCUT2D eigenvalue weighted by Gasteiger charge is 2.38. The van der Waals surface area contributed by atoms with Gasteiger partial charge < -0.3 is 14.6 Å². The highest BCUT2D eigenvalue weighted by atomic mass is 16.3. The van der Waals surface area contributed by atoms with Gasteiger partial charge in [-0.2, -0.15) is 0 Å². The number of carbonyl (C=O) groups excluding carboxylic acids is 2. The Kier molecular flexibility index (Phi) is 4.24. The van der Waals surface area contributed by atoms with Crippen molar-refractivity contribution in [3.8, 4) is 0 Å². The first-order valence-corrected chi connectivity index (χ1v) is 9.17. The molecular formula is C20H24N2O3. The minimum absolute atomic E-state index is 0.0475. The van der Waals surface area contributed by atoms with Crippen molar-refractivity contribution in [2.75, 3.05) is 6.54 Å². The standard InChI is InChI=1S/C20H24N2O3/c1-13-16-8-4-5-9-17(16)25-18(13)11-21-20(24)14-10-19(23)22(12-14)15-6-2-3-7-15/h4-5,8-9,14-15H,2-3,6-7,10-12H2,1H3,(H,21,24). The minimum Gasteiger partial charge on any atom is -0.459 e. The zero-order valence-corrected chi connectivity index (χ0v) is 14.6. The Morgan fingerprint density at radius 3 is 2.80 bits per heavy atom. The Morgan fingerprint density at radius 2 is 2.04 bits per heavy atom. The first-order valence-electron chi connectivity index (χ1n) is 9.17. The molecule has 5 heteroatoms. The molecule has 4 rings (SSSR count). The fourth-order valence-corrected chi connectivity index (χ4v) is 4.18. The number of hydrogen-bond acceptors (Lipinski definition) is 3. The van der Waals surface area contributed by atoms with Crippen molar-refractivity contribution < 1.29 is 14.0 Å². The van der Waals surface area contributed by atoms with E-state index in [4.69, 9.17) is 4.42 Å². The van der Waals surface area contributed by atoms with Crippen molar-refractivity contribution in [2.24, 2.45) is 5.92 Å². The molecule has 0 bridgehead atoms. The second kappa shape index (κ2) is 6.54. The van der Waals surface area contributed by atoms with Crippen molar-refractivity contribution in [3.63, 3.8) is 0 Å². The van der Waals surface area contributed by atoms with Crippen LogP contribution in [0.5, 0.6) is 0 Å². The molecule has 25 heavy (non-hydrogen) atoms. The molecule has 132 valence electrons. The predicted molar refractivity (Wildman–Crippen MR) is 94.9 cm³/mol. The summed E-state index contributed by atoms with van der Waals surface area (Å²) in [7, 11) is 0. The number of benzene rings is 1. The van der Waals surface area contributed by atoms with Gasteiger partial charge in [-0.15, -0.1) is 0 Å². The predicted octanol–water partition coefficient (Wildman–Crippen LogP) is 3.15. The number of furan rings is 1. The third kappa shape index (κ3) is 3.03. The molecule has 1 unspecified atom stereocenters. The van der Waals surface area contributed by atoms with Crippen molar-refractivity contribution >= 4 is 22.8 Å². The van der Waals surface area contributed by atoms with Crippen molar-refractivity contribution in [1.29, 1.82) is 0 Å². The number of hydrogen-bond donors (Lipinski definition) is 1. The summed E-state index contributed by atoms with van der Waals surface area (Å²) in [6.45, 7) is 2.94. The van der Waals surface area contributed by atoms with Gasteiger partial charge >= 0.3 is 0 Å². The van der Waals surface area contributed by atoms with Gasteiger partial charge in [0.15, 0.2) is 0 Å². The van der Waals surface area contributed by atoms with Crippen molar-refractivity contribution in [1.82, 2.24) is 10.2 Å². The second-order valence-electron chi connectivity index (χ2n) is 7.25. The maximum absolute atomic E-state index is 12.5. The maximum Gasteiger partial charge on any atom is 0.225 e. The molecule has 2 aliphatic rings. The van der Waals surface area contributed by atoms with Crippen LogP contribution in [0.2, 0.25) is 0 Å². The summed E-state index contributed by atoms with van der Waals surface area (Å²) >= 11 is 0. The number of para-hydroxylation sites is 1. The van der Waals surface area contributed by atoms with Crippen LogP contribution in [0.4, 0.5) is 0 Å². The van der Waals surface area contributed by atoms with Crippen LogP contribution in [0.1, 0.15) is 43.4 Å². The third-order valence-electron chi connectivity index (χ3n) is 5.66. The van der Waals surface area contributed by atoms with E-state index in [1.165, 1.54) is 12.8 Å². The summed E-state index contributed by atoms with van der Waals surface area (Å²) in [5, 5.41) is 4.04. The average molecular weight is 340 g/mol. The Bertz CT molecular complexity index is 804. The molecule has 1 saturated heterocycles. The van der Waals surface area contributed by atoms with E-state index in [-0.39, 0.29) is 17.7 Å². The monoisotopic (exact) mass is 340 g/mol. The van der Waals surface area contributed by atoms with Crippen LogP contribution in [-0.4, -0.2) is 29.3 Å². The van der Waals surface area contributed by atoms with E-state index in [1.807, 2.05) is 36.1 Å². The second-order valence-corrected chi connectivity index (χ2v) is 7.25. The SMILES string of the molecule is Cc1c(CNC(=O)C2CC(=O)N(C3CCCC3)C2)oc2ccccc12. The minimum atomic E-state index is -0.238. The number of rotatable bonds is 4. The van der Waals surface area contributed by atoms with Gasteiger partial charge in [-0.25, -0.2) is 0 Å². The van der Waals surface area contributed by atoms with Crippen molar-refractivity contribution in [3.05, 3.63) is 35.6 Å². The Labute approximate surface area is 147 Å². The number of nitrogens with zero attached hydrogens (tertiary/aromatic N) is 1. The van der Waals surface area contributed by atoms with Gasteiger partial charge in [0.2, 0.25) is 11.8 Å². The first kappa shape index (κ1) is 16.2. The van der Waals surface area contributed by atoms with Gasteiger partial charge in [0, 0.05) is 30.0 Å². The third-order valence-corrected chi connectivity index (χ3v) is 5.66. The van der Waals surface area contributed by atoms with Gasteiger partial charge in [0.1, 0.15) is 11.3 Å². The lowest BCUT2D eigenvalue weighted by atomic mass is 10.1. The van der Waals surface area contributed by atoms with Gasteiger partial charge in [-0.1, -0.05) is 31.0 Å². The number of nitrogens with one attached hydrogen (secondary N) is 1. The Hall–Kier alpha value is -2.30. The number of amides is 2. The Morgan fingerprint density at radius 1 is 1.28 bits per heavy atom. The number of carbonyl (C=O) groups is 2. The Balaban J connectivity index is 1.39. The summed E-state index contributed by atoms with van der Waals surface area (Å²) in [5.74, 6) is 0.630. The van der Waals surface area contributed by atoms with Crippen LogP contribution in [0.25, 0.3) is 11.0 Å². The van der Waals surface area contributed by atoms with Crippen LogP contribution in [0.15, 0.2) is 28.7 Å². The lowest BCUT2D eigenvalue weighted by molar-refractivity contribution is -0.130. The number of aryl methyl sites for hydroxylation is 1. The molecule has 1 atom stereocenters. The van der Waals surface area contributed by atoms with Crippen LogP contribution in [0.3, 0.4) is 0 Å². The number of likely N-dealkylation sites (tertiary alicyclic amines) is 1. The normalized spacial score (nSPS) is 21.4. The quantitative estimate of drug-likeness (QED) is 0.930.